The highest BCUT2D eigenvalue weighted by molar-refractivity contribution is 6.31. The van der Waals surface area contributed by atoms with Gasteiger partial charge in [0.15, 0.2) is 11.6 Å². The summed E-state index contributed by atoms with van der Waals surface area (Å²) in [4.78, 5) is 0. The van der Waals surface area contributed by atoms with E-state index in [0.717, 1.165) is 31.6 Å². The highest BCUT2D eigenvalue weighted by atomic mass is 35.5. The van der Waals surface area contributed by atoms with Gasteiger partial charge in [-0.1, -0.05) is 11.6 Å². The Labute approximate surface area is 179 Å². The molecule has 0 aliphatic carbocycles. The number of aromatic nitrogens is 4. The highest BCUT2D eigenvalue weighted by Gasteiger charge is 2.20. The lowest BCUT2D eigenvalue weighted by Crippen LogP contribution is -2.19. The topological polar surface area (TPSA) is 88.1 Å². The summed E-state index contributed by atoms with van der Waals surface area (Å²) in [7, 11) is 0. The van der Waals surface area contributed by atoms with E-state index < -0.39 is 6.10 Å². The molecule has 1 saturated heterocycles. The van der Waals surface area contributed by atoms with E-state index in [-0.39, 0.29) is 11.6 Å². The van der Waals surface area contributed by atoms with E-state index in [1.54, 1.807) is 26.1 Å². The third-order valence-electron chi connectivity index (χ3n) is 5.35. The minimum Gasteiger partial charge on any atom is -0.482 e. The fourth-order valence-corrected chi connectivity index (χ4v) is 4.01. The summed E-state index contributed by atoms with van der Waals surface area (Å²) in [5.74, 6) is 0.158. The number of halogens is 2. The molecule has 2 aromatic heterocycles. The Kier molecular flexibility index (Phi) is 5.87. The minimum absolute atomic E-state index is 0.146. The number of anilines is 1. The first-order valence-electron chi connectivity index (χ1n) is 9.80. The van der Waals surface area contributed by atoms with Gasteiger partial charge in [0, 0.05) is 41.6 Å². The van der Waals surface area contributed by atoms with Crippen molar-refractivity contribution in [1.82, 2.24) is 20.0 Å². The van der Waals surface area contributed by atoms with Crippen molar-refractivity contribution in [2.75, 3.05) is 18.9 Å². The summed E-state index contributed by atoms with van der Waals surface area (Å²) in [6.45, 7) is 4.93. The summed E-state index contributed by atoms with van der Waals surface area (Å²) >= 11 is 6.28. The molecule has 0 spiro atoms. The van der Waals surface area contributed by atoms with Crippen LogP contribution < -0.4 is 10.5 Å². The van der Waals surface area contributed by atoms with Crippen molar-refractivity contribution in [1.29, 1.82) is 0 Å². The number of rotatable bonds is 5. The van der Waals surface area contributed by atoms with Gasteiger partial charge in [-0.2, -0.15) is 5.10 Å². The van der Waals surface area contributed by atoms with E-state index in [9.17, 15) is 4.39 Å². The van der Waals surface area contributed by atoms with Crippen LogP contribution in [0, 0.1) is 12.7 Å². The van der Waals surface area contributed by atoms with Gasteiger partial charge >= 0.3 is 0 Å². The molecule has 158 valence electrons. The van der Waals surface area contributed by atoms with E-state index in [1.807, 2.05) is 10.9 Å². The Morgan fingerprint density at radius 3 is 2.83 bits per heavy atom. The van der Waals surface area contributed by atoms with E-state index >= 15 is 0 Å². The molecule has 30 heavy (non-hydrogen) atoms. The van der Waals surface area contributed by atoms with Gasteiger partial charge in [-0.15, -0.1) is 10.2 Å². The normalized spacial score (nSPS) is 15.9. The van der Waals surface area contributed by atoms with E-state index in [4.69, 9.17) is 26.8 Å². The van der Waals surface area contributed by atoms with Gasteiger partial charge in [-0.3, -0.25) is 4.68 Å². The average molecular weight is 432 g/mol. The number of ether oxygens (including phenoxy) is 2. The number of hydrogen-bond donors (Lipinski definition) is 1. The summed E-state index contributed by atoms with van der Waals surface area (Å²) in [6, 6.07) is 4.88. The quantitative estimate of drug-likeness (QED) is 0.639. The molecule has 9 heteroatoms. The molecule has 1 aromatic carbocycles. The predicted octanol–water partition coefficient (Wildman–Crippen LogP) is 4.51. The molecule has 0 amide bonds. The third kappa shape index (κ3) is 4.11. The smallest absolute Gasteiger partial charge is 0.188 e. The van der Waals surface area contributed by atoms with E-state index in [2.05, 4.69) is 15.3 Å². The molecule has 4 rings (SSSR count). The predicted molar refractivity (Wildman–Crippen MR) is 112 cm³/mol. The van der Waals surface area contributed by atoms with Crippen molar-refractivity contribution in [2.45, 2.75) is 38.8 Å². The van der Waals surface area contributed by atoms with Crippen LogP contribution in [0.4, 0.5) is 10.2 Å². The number of hydrogen-bond acceptors (Lipinski definition) is 6. The molecule has 1 atom stereocenters. The maximum absolute atomic E-state index is 14.0. The van der Waals surface area contributed by atoms with Crippen LogP contribution in [0.1, 0.15) is 43.0 Å². The number of nitrogens with two attached hydrogens (primary N) is 1. The fourth-order valence-electron chi connectivity index (χ4n) is 3.66. The van der Waals surface area contributed by atoms with Crippen LogP contribution in [0.3, 0.4) is 0 Å². The highest BCUT2D eigenvalue weighted by Crippen LogP contribution is 2.34. The SMILES string of the molecule is Cc1c(F)ccc(Cl)c1[C@@H](C)Oc1cc(-c2cnn(C3CCOCC3)c2)nnc1N. The lowest BCUT2D eigenvalue weighted by molar-refractivity contribution is 0.0662. The van der Waals surface area contributed by atoms with Gasteiger partial charge in [0.25, 0.3) is 0 Å². The molecule has 1 fully saturated rings. The summed E-state index contributed by atoms with van der Waals surface area (Å²) in [5, 5.41) is 13.1. The second-order valence-electron chi connectivity index (χ2n) is 7.36. The number of nitrogens with zero attached hydrogens (tertiary/aromatic N) is 4. The Morgan fingerprint density at radius 2 is 2.07 bits per heavy atom. The molecular formula is C21H23ClFN5O2. The van der Waals surface area contributed by atoms with Crippen LogP contribution in [-0.4, -0.2) is 33.2 Å². The third-order valence-corrected chi connectivity index (χ3v) is 5.68. The standard InChI is InChI=1S/C21H23ClFN5O2/c1-12-17(23)4-3-16(22)20(12)13(2)30-19-9-18(26-27-21(19)24)14-10-25-28(11-14)15-5-7-29-8-6-15/h3-4,9-11,13,15H,5-8H2,1-2H3,(H2,24,27)/t13-/m1/s1. The Bertz CT molecular complexity index is 1050. The van der Waals surface area contributed by atoms with Crippen molar-refractivity contribution >= 4 is 17.4 Å². The molecule has 0 unspecified atom stereocenters. The van der Waals surface area contributed by atoms with Crippen LogP contribution in [0.25, 0.3) is 11.3 Å². The van der Waals surface area contributed by atoms with Crippen LogP contribution in [0.2, 0.25) is 5.02 Å². The zero-order valence-corrected chi connectivity index (χ0v) is 17.6. The van der Waals surface area contributed by atoms with Gasteiger partial charge in [-0.25, -0.2) is 4.39 Å². The van der Waals surface area contributed by atoms with Crippen molar-refractivity contribution in [3.05, 3.63) is 52.6 Å². The molecule has 0 saturated carbocycles. The van der Waals surface area contributed by atoms with Gasteiger partial charge in [0.05, 0.1) is 17.9 Å². The van der Waals surface area contributed by atoms with Crippen molar-refractivity contribution in [3.63, 3.8) is 0 Å². The van der Waals surface area contributed by atoms with Gasteiger partial charge in [0.1, 0.15) is 11.9 Å². The van der Waals surface area contributed by atoms with Crippen LogP contribution in [0.15, 0.2) is 30.6 Å². The zero-order chi connectivity index (χ0) is 21.3. The molecule has 3 heterocycles. The molecular weight excluding hydrogens is 409 g/mol. The molecule has 0 radical (unpaired) electrons. The first kappa shape index (κ1) is 20.6. The first-order valence-corrected chi connectivity index (χ1v) is 10.2. The maximum Gasteiger partial charge on any atom is 0.188 e. The average Bonchev–Trinajstić information content (AvgIpc) is 3.24. The van der Waals surface area contributed by atoms with E-state index in [1.165, 1.54) is 12.1 Å². The molecule has 1 aliphatic heterocycles. The Morgan fingerprint density at radius 1 is 1.30 bits per heavy atom. The molecule has 1 aliphatic rings. The van der Waals surface area contributed by atoms with Crippen molar-refractivity contribution in [3.8, 4) is 17.0 Å². The fraction of sp³-hybridized carbons (Fsp3) is 0.381. The number of nitrogen functional groups attached to an aromatic ring is 1. The Balaban J connectivity index is 1.58. The lowest BCUT2D eigenvalue weighted by Gasteiger charge is -2.22. The lowest BCUT2D eigenvalue weighted by atomic mass is 10.0. The minimum atomic E-state index is -0.530. The van der Waals surface area contributed by atoms with Crippen LogP contribution >= 0.6 is 11.6 Å². The largest absolute Gasteiger partial charge is 0.482 e. The Hall–Kier alpha value is -2.71. The summed E-state index contributed by atoms with van der Waals surface area (Å²) in [6.07, 6.45) is 5.01. The molecule has 3 aromatic rings. The van der Waals surface area contributed by atoms with Gasteiger partial charge in [0.2, 0.25) is 0 Å². The monoisotopic (exact) mass is 431 g/mol. The molecule has 7 nitrogen and oxygen atoms in total. The first-order chi connectivity index (χ1) is 14.4. The summed E-state index contributed by atoms with van der Waals surface area (Å²) < 4.78 is 27.4. The van der Waals surface area contributed by atoms with Crippen molar-refractivity contribution < 1.29 is 13.9 Å². The van der Waals surface area contributed by atoms with Crippen LogP contribution in [-0.2, 0) is 4.74 Å². The maximum atomic E-state index is 14.0. The van der Waals surface area contributed by atoms with Gasteiger partial charge < -0.3 is 15.2 Å². The molecule has 0 bridgehead atoms. The van der Waals surface area contributed by atoms with Crippen LogP contribution in [0.5, 0.6) is 5.75 Å². The van der Waals surface area contributed by atoms with E-state index in [0.29, 0.717) is 33.6 Å². The number of benzene rings is 1. The summed E-state index contributed by atoms with van der Waals surface area (Å²) in [5.41, 5.74) is 8.39. The second kappa shape index (κ2) is 8.57. The molecule has 2 N–H and O–H groups in total. The van der Waals surface area contributed by atoms with Crippen molar-refractivity contribution in [2.24, 2.45) is 0 Å². The second-order valence-corrected chi connectivity index (χ2v) is 7.77. The van der Waals surface area contributed by atoms with Gasteiger partial charge in [-0.05, 0) is 44.4 Å². The zero-order valence-electron chi connectivity index (χ0n) is 16.8.